The highest BCUT2D eigenvalue weighted by Gasteiger charge is 2.32. The lowest BCUT2D eigenvalue weighted by molar-refractivity contribution is -0.137. The number of carbonyl (C=O) groups is 1. The van der Waals surface area contributed by atoms with Gasteiger partial charge >= 0.3 is 6.18 Å². The monoisotopic (exact) mass is 412 g/mol. The topological polar surface area (TPSA) is 63.1 Å². The predicted molar refractivity (Wildman–Crippen MR) is 107 cm³/mol. The first-order valence-electron chi connectivity index (χ1n) is 9.56. The van der Waals surface area contributed by atoms with Crippen molar-refractivity contribution in [1.82, 2.24) is 9.88 Å². The SMILES string of the molecule is N#Cc1cc(C(F)(F)F)ccc1N1CCN(C(=O)Cc2c[nH]c3ccccc23)CC1. The highest BCUT2D eigenvalue weighted by Crippen LogP contribution is 2.33. The molecule has 0 unspecified atom stereocenters. The van der Waals surface area contributed by atoms with Crippen molar-refractivity contribution in [3.8, 4) is 6.07 Å². The Morgan fingerprint density at radius 1 is 1.10 bits per heavy atom. The van der Waals surface area contributed by atoms with Crippen LogP contribution in [0, 0.1) is 11.3 Å². The quantitative estimate of drug-likeness (QED) is 0.709. The molecular weight excluding hydrogens is 393 g/mol. The van der Waals surface area contributed by atoms with Crippen LogP contribution in [-0.2, 0) is 17.4 Å². The molecule has 0 aliphatic carbocycles. The number of nitrogens with one attached hydrogen (secondary N) is 1. The van der Waals surface area contributed by atoms with E-state index in [1.54, 1.807) is 4.90 Å². The number of halogens is 3. The summed E-state index contributed by atoms with van der Waals surface area (Å²) >= 11 is 0. The molecule has 4 rings (SSSR count). The number of aromatic amines is 1. The summed E-state index contributed by atoms with van der Waals surface area (Å²) < 4.78 is 38.7. The number of fused-ring (bicyclic) bond motifs is 1. The number of nitrogens with zero attached hydrogens (tertiary/aromatic N) is 3. The second-order valence-corrected chi connectivity index (χ2v) is 7.25. The van der Waals surface area contributed by atoms with E-state index in [0.29, 0.717) is 31.9 Å². The number of hydrogen-bond donors (Lipinski definition) is 1. The van der Waals surface area contributed by atoms with Crippen LogP contribution in [0.4, 0.5) is 18.9 Å². The molecule has 1 aliphatic heterocycles. The molecule has 0 radical (unpaired) electrons. The third-order valence-corrected chi connectivity index (χ3v) is 5.43. The number of piperazine rings is 1. The van der Waals surface area contributed by atoms with Gasteiger partial charge in [0, 0.05) is 43.3 Å². The van der Waals surface area contributed by atoms with E-state index in [1.165, 1.54) is 6.07 Å². The summed E-state index contributed by atoms with van der Waals surface area (Å²) in [6.45, 7) is 1.82. The second-order valence-electron chi connectivity index (χ2n) is 7.25. The number of alkyl halides is 3. The zero-order chi connectivity index (χ0) is 21.3. The molecule has 154 valence electrons. The molecule has 0 saturated carbocycles. The van der Waals surface area contributed by atoms with Crippen LogP contribution in [0.2, 0.25) is 0 Å². The van der Waals surface area contributed by atoms with E-state index in [4.69, 9.17) is 0 Å². The maximum absolute atomic E-state index is 12.9. The lowest BCUT2D eigenvalue weighted by Gasteiger charge is -2.36. The number of benzene rings is 2. The van der Waals surface area contributed by atoms with Crippen molar-refractivity contribution in [3.05, 3.63) is 65.4 Å². The maximum Gasteiger partial charge on any atom is 0.416 e. The molecule has 30 heavy (non-hydrogen) atoms. The van der Waals surface area contributed by atoms with E-state index >= 15 is 0 Å². The van der Waals surface area contributed by atoms with Gasteiger partial charge in [-0.1, -0.05) is 18.2 Å². The number of para-hydroxylation sites is 1. The van der Waals surface area contributed by atoms with Crippen LogP contribution in [0.15, 0.2) is 48.7 Å². The minimum atomic E-state index is -4.49. The van der Waals surface area contributed by atoms with E-state index in [-0.39, 0.29) is 17.9 Å². The highest BCUT2D eigenvalue weighted by molar-refractivity contribution is 5.89. The summed E-state index contributed by atoms with van der Waals surface area (Å²) in [5.41, 5.74) is 1.54. The van der Waals surface area contributed by atoms with Crippen molar-refractivity contribution < 1.29 is 18.0 Å². The van der Waals surface area contributed by atoms with Crippen LogP contribution in [0.5, 0.6) is 0 Å². The number of aromatic nitrogens is 1. The molecule has 1 amide bonds. The first kappa shape index (κ1) is 19.8. The summed E-state index contributed by atoms with van der Waals surface area (Å²) in [4.78, 5) is 19.5. The molecule has 1 aromatic heterocycles. The smallest absolute Gasteiger partial charge is 0.367 e. The number of anilines is 1. The highest BCUT2D eigenvalue weighted by atomic mass is 19.4. The van der Waals surface area contributed by atoms with Gasteiger partial charge in [0.1, 0.15) is 6.07 Å². The molecule has 1 N–H and O–H groups in total. The van der Waals surface area contributed by atoms with Gasteiger partial charge < -0.3 is 14.8 Å². The fourth-order valence-electron chi connectivity index (χ4n) is 3.83. The van der Waals surface area contributed by atoms with Gasteiger partial charge in [0.2, 0.25) is 5.91 Å². The number of hydrogen-bond acceptors (Lipinski definition) is 3. The van der Waals surface area contributed by atoms with Crippen molar-refractivity contribution in [2.45, 2.75) is 12.6 Å². The van der Waals surface area contributed by atoms with Gasteiger partial charge in [-0.05, 0) is 29.8 Å². The van der Waals surface area contributed by atoms with Crippen LogP contribution in [-0.4, -0.2) is 42.0 Å². The van der Waals surface area contributed by atoms with Gasteiger partial charge in [0.25, 0.3) is 0 Å². The summed E-state index contributed by atoms with van der Waals surface area (Å²) in [6, 6.07) is 12.9. The summed E-state index contributed by atoms with van der Waals surface area (Å²) in [6.07, 6.45) is -2.36. The Kier molecular flexibility index (Phi) is 5.12. The molecule has 1 saturated heterocycles. The van der Waals surface area contributed by atoms with Crippen molar-refractivity contribution in [1.29, 1.82) is 5.26 Å². The molecule has 0 atom stereocenters. The first-order chi connectivity index (χ1) is 14.4. The fourth-order valence-corrected chi connectivity index (χ4v) is 3.83. The average Bonchev–Trinajstić information content (AvgIpc) is 3.15. The van der Waals surface area contributed by atoms with Crippen molar-refractivity contribution in [3.63, 3.8) is 0 Å². The van der Waals surface area contributed by atoms with Crippen LogP contribution in [0.1, 0.15) is 16.7 Å². The van der Waals surface area contributed by atoms with E-state index in [1.807, 2.05) is 41.4 Å². The summed E-state index contributed by atoms with van der Waals surface area (Å²) in [5.74, 6) is 0.00679. The van der Waals surface area contributed by atoms with E-state index in [9.17, 15) is 23.2 Å². The molecule has 5 nitrogen and oxygen atoms in total. The second kappa shape index (κ2) is 7.75. The van der Waals surface area contributed by atoms with E-state index < -0.39 is 11.7 Å². The third kappa shape index (κ3) is 3.83. The maximum atomic E-state index is 12.9. The fraction of sp³-hybridized carbons (Fsp3) is 0.273. The lowest BCUT2D eigenvalue weighted by Crippen LogP contribution is -2.49. The predicted octanol–water partition coefficient (Wildman–Crippen LogP) is 3.95. The number of H-pyrrole nitrogens is 1. The van der Waals surface area contributed by atoms with Crippen LogP contribution in [0.3, 0.4) is 0 Å². The zero-order valence-electron chi connectivity index (χ0n) is 16.0. The van der Waals surface area contributed by atoms with Gasteiger partial charge in [0.15, 0.2) is 0 Å². The molecular formula is C22H19F3N4O. The third-order valence-electron chi connectivity index (χ3n) is 5.43. The van der Waals surface area contributed by atoms with Gasteiger partial charge in [-0.3, -0.25) is 4.79 Å². The van der Waals surface area contributed by atoms with Crippen molar-refractivity contribution >= 4 is 22.5 Å². The molecule has 0 bridgehead atoms. The Morgan fingerprint density at radius 3 is 2.53 bits per heavy atom. The van der Waals surface area contributed by atoms with E-state index in [2.05, 4.69) is 4.98 Å². The molecule has 0 spiro atoms. The summed E-state index contributed by atoms with van der Waals surface area (Å²) in [7, 11) is 0. The van der Waals surface area contributed by atoms with Crippen LogP contribution >= 0.6 is 0 Å². The van der Waals surface area contributed by atoms with Gasteiger partial charge in [-0.15, -0.1) is 0 Å². The van der Waals surface area contributed by atoms with Crippen LogP contribution < -0.4 is 4.90 Å². The molecule has 1 fully saturated rings. The molecule has 3 aromatic rings. The number of nitriles is 1. The van der Waals surface area contributed by atoms with Crippen molar-refractivity contribution in [2.75, 3.05) is 31.1 Å². The zero-order valence-corrected chi connectivity index (χ0v) is 16.0. The van der Waals surface area contributed by atoms with Crippen molar-refractivity contribution in [2.24, 2.45) is 0 Å². The number of rotatable bonds is 3. The normalized spacial score (nSPS) is 14.7. The number of amides is 1. The Labute approximate surface area is 171 Å². The Balaban J connectivity index is 1.42. The Morgan fingerprint density at radius 2 is 1.83 bits per heavy atom. The molecule has 2 aromatic carbocycles. The van der Waals surface area contributed by atoms with Gasteiger partial charge in [-0.2, -0.15) is 18.4 Å². The van der Waals surface area contributed by atoms with Gasteiger partial charge in [0.05, 0.1) is 23.2 Å². The molecule has 8 heteroatoms. The minimum absolute atomic E-state index is 0.00679. The Bertz CT molecular complexity index is 1120. The summed E-state index contributed by atoms with van der Waals surface area (Å²) in [5, 5.41) is 10.3. The van der Waals surface area contributed by atoms with Gasteiger partial charge in [-0.25, -0.2) is 0 Å². The lowest BCUT2D eigenvalue weighted by atomic mass is 10.1. The van der Waals surface area contributed by atoms with E-state index in [0.717, 1.165) is 28.6 Å². The minimum Gasteiger partial charge on any atom is -0.367 e. The molecule has 1 aliphatic rings. The van der Waals surface area contributed by atoms with Crippen LogP contribution in [0.25, 0.3) is 10.9 Å². The average molecular weight is 412 g/mol. The molecule has 2 heterocycles. The first-order valence-corrected chi connectivity index (χ1v) is 9.56. The standard InChI is InChI=1S/C22H19F3N4O/c23-22(24,25)17-5-6-20(15(11-17)13-26)28-7-9-29(10-8-28)21(30)12-16-14-27-19-4-2-1-3-18(16)19/h1-6,11,14,27H,7-10,12H2. The number of carbonyl (C=O) groups excluding carboxylic acids is 1. The Hall–Kier alpha value is -3.47. The largest absolute Gasteiger partial charge is 0.416 e.